The lowest BCUT2D eigenvalue weighted by atomic mass is 10.0. The monoisotopic (exact) mass is 178 g/mol. The molecule has 2 rings (SSSR count). The summed E-state index contributed by atoms with van der Waals surface area (Å²) in [5.74, 6) is 0.436. The zero-order valence-corrected chi connectivity index (χ0v) is 7.48. The van der Waals surface area contributed by atoms with Crippen LogP contribution in [-0.2, 0) is 0 Å². The van der Waals surface area contributed by atoms with E-state index in [1.165, 1.54) is 5.56 Å². The van der Waals surface area contributed by atoms with Gasteiger partial charge in [-0.25, -0.2) is 0 Å². The zero-order valence-electron chi connectivity index (χ0n) is 7.48. The summed E-state index contributed by atoms with van der Waals surface area (Å²) >= 11 is 0. The van der Waals surface area contributed by atoms with Crippen LogP contribution in [-0.4, -0.2) is 23.2 Å². The van der Waals surface area contributed by atoms with E-state index in [1.54, 1.807) is 12.4 Å². The molecule has 70 valence electrons. The summed E-state index contributed by atoms with van der Waals surface area (Å²) in [5.41, 5.74) is 6.84. The van der Waals surface area contributed by atoms with Crippen LogP contribution < -0.4 is 5.73 Å². The fourth-order valence-electron chi connectivity index (χ4n) is 1.88. The van der Waals surface area contributed by atoms with E-state index in [2.05, 4.69) is 4.98 Å². The number of aliphatic hydroxyl groups is 1. The fourth-order valence-corrected chi connectivity index (χ4v) is 1.88. The Morgan fingerprint density at radius 3 is 2.69 bits per heavy atom. The smallest absolute Gasteiger partial charge is 0.0505 e. The number of nitrogens with zero attached hydrogens (tertiary/aromatic N) is 1. The van der Waals surface area contributed by atoms with Gasteiger partial charge < -0.3 is 10.8 Å². The first kappa shape index (κ1) is 8.66. The molecule has 1 fully saturated rings. The molecule has 1 aliphatic carbocycles. The summed E-state index contributed by atoms with van der Waals surface area (Å²) in [6.45, 7) is 0.757. The zero-order chi connectivity index (χ0) is 9.31. The molecule has 1 aromatic heterocycles. The summed E-state index contributed by atoms with van der Waals surface area (Å²) in [7, 11) is 0. The van der Waals surface area contributed by atoms with Crippen molar-refractivity contribution >= 4 is 0 Å². The number of rotatable bonds is 3. The van der Waals surface area contributed by atoms with Crippen LogP contribution >= 0.6 is 0 Å². The molecule has 0 aliphatic heterocycles. The third kappa shape index (κ3) is 1.34. The average Bonchev–Trinajstić information content (AvgIpc) is 2.95. The van der Waals surface area contributed by atoms with Crippen molar-refractivity contribution in [3.63, 3.8) is 0 Å². The van der Waals surface area contributed by atoms with Gasteiger partial charge in [-0.1, -0.05) is 0 Å². The predicted molar refractivity (Wildman–Crippen MR) is 50.2 cm³/mol. The van der Waals surface area contributed by atoms with E-state index >= 15 is 0 Å². The van der Waals surface area contributed by atoms with Crippen molar-refractivity contribution in [1.82, 2.24) is 4.98 Å². The van der Waals surface area contributed by atoms with Gasteiger partial charge in [0.05, 0.1) is 6.61 Å². The van der Waals surface area contributed by atoms with Crippen molar-refractivity contribution in [2.24, 2.45) is 11.1 Å². The molecule has 3 nitrogen and oxygen atoms in total. The lowest BCUT2D eigenvalue weighted by molar-refractivity contribution is 0.211. The molecular formula is C10H14N2O. The summed E-state index contributed by atoms with van der Waals surface area (Å²) in [6.07, 6.45) is 4.57. The molecule has 3 N–H and O–H groups in total. The minimum atomic E-state index is -0.0403. The highest BCUT2D eigenvalue weighted by atomic mass is 16.3. The van der Waals surface area contributed by atoms with Crippen LogP contribution in [0.3, 0.4) is 0 Å². The molecule has 0 saturated heterocycles. The molecule has 0 radical (unpaired) electrons. The maximum Gasteiger partial charge on any atom is 0.0505 e. The molecule has 1 aromatic rings. The Morgan fingerprint density at radius 1 is 1.54 bits per heavy atom. The van der Waals surface area contributed by atoms with Gasteiger partial charge in [-0.3, -0.25) is 4.98 Å². The third-order valence-corrected chi connectivity index (χ3v) is 3.02. The van der Waals surface area contributed by atoms with E-state index in [1.807, 2.05) is 12.1 Å². The SMILES string of the molecule is NCC1(CO)CC1c1ccncc1. The van der Waals surface area contributed by atoms with Crippen LogP contribution in [0.5, 0.6) is 0 Å². The van der Waals surface area contributed by atoms with Crippen molar-refractivity contribution < 1.29 is 5.11 Å². The first-order valence-electron chi connectivity index (χ1n) is 4.53. The molecule has 3 heteroatoms. The number of hydrogen-bond acceptors (Lipinski definition) is 3. The molecular weight excluding hydrogens is 164 g/mol. The second kappa shape index (κ2) is 3.09. The van der Waals surface area contributed by atoms with Crippen LogP contribution in [0.1, 0.15) is 17.9 Å². The van der Waals surface area contributed by atoms with Gasteiger partial charge in [-0.2, -0.15) is 0 Å². The van der Waals surface area contributed by atoms with Gasteiger partial charge in [0, 0.05) is 24.4 Å². The number of aliphatic hydroxyl groups excluding tert-OH is 1. The van der Waals surface area contributed by atoms with Gasteiger partial charge in [0.25, 0.3) is 0 Å². The molecule has 0 amide bonds. The number of aromatic nitrogens is 1. The Bertz CT molecular complexity index is 282. The van der Waals surface area contributed by atoms with Crippen molar-refractivity contribution in [3.8, 4) is 0 Å². The maximum absolute atomic E-state index is 9.19. The maximum atomic E-state index is 9.19. The number of nitrogens with two attached hydrogens (primary N) is 1. The van der Waals surface area contributed by atoms with Crippen LogP contribution in [0.15, 0.2) is 24.5 Å². The van der Waals surface area contributed by atoms with E-state index in [0.29, 0.717) is 12.5 Å². The van der Waals surface area contributed by atoms with Crippen LogP contribution in [0.2, 0.25) is 0 Å². The van der Waals surface area contributed by atoms with Crippen molar-refractivity contribution in [2.75, 3.05) is 13.2 Å². The van der Waals surface area contributed by atoms with Crippen LogP contribution in [0.4, 0.5) is 0 Å². The highest BCUT2D eigenvalue weighted by Gasteiger charge is 2.53. The van der Waals surface area contributed by atoms with Gasteiger partial charge >= 0.3 is 0 Å². The lowest BCUT2D eigenvalue weighted by Crippen LogP contribution is -2.21. The predicted octanol–water partition coefficient (Wildman–Crippen LogP) is 0.506. The van der Waals surface area contributed by atoms with E-state index in [4.69, 9.17) is 5.73 Å². The first-order chi connectivity index (χ1) is 6.32. The van der Waals surface area contributed by atoms with E-state index in [0.717, 1.165) is 6.42 Å². The number of pyridine rings is 1. The van der Waals surface area contributed by atoms with Gasteiger partial charge in [0.1, 0.15) is 0 Å². The highest BCUT2D eigenvalue weighted by molar-refractivity contribution is 5.28. The highest BCUT2D eigenvalue weighted by Crippen LogP contribution is 2.58. The Labute approximate surface area is 77.6 Å². The average molecular weight is 178 g/mol. The Morgan fingerprint density at radius 2 is 2.23 bits per heavy atom. The summed E-state index contributed by atoms with van der Waals surface area (Å²) in [4.78, 5) is 3.96. The van der Waals surface area contributed by atoms with E-state index in [9.17, 15) is 5.11 Å². The first-order valence-corrected chi connectivity index (χ1v) is 4.53. The summed E-state index contributed by atoms with van der Waals surface area (Å²) in [5, 5.41) is 9.19. The van der Waals surface area contributed by atoms with E-state index in [-0.39, 0.29) is 12.0 Å². The molecule has 13 heavy (non-hydrogen) atoms. The minimum absolute atomic E-state index is 0.0403. The summed E-state index contributed by atoms with van der Waals surface area (Å²) < 4.78 is 0. The fraction of sp³-hybridized carbons (Fsp3) is 0.500. The summed E-state index contributed by atoms with van der Waals surface area (Å²) in [6, 6.07) is 4.00. The van der Waals surface area contributed by atoms with Gasteiger partial charge in [0.15, 0.2) is 0 Å². The van der Waals surface area contributed by atoms with Crippen molar-refractivity contribution in [3.05, 3.63) is 30.1 Å². The van der Waals surface area contributed by atoms with Gasteiger partial charge in [-0.05, 0) is 30.0 Å². The molecule has 0 spiro atoms. The second-order valence-electron chi connectivity index (χ2n) is 3.76. The quantitative estimate of drug-likeness (QED) is 0.708. The largest absolute Gasteiger partial charge is 0.396 e. The van der Waals surface area contributed by atoms with Crippen LogP contribution in [0.25, 0.3) is 0 Å². The lowest BCUT2D eigenvalue weighted by Gasteiger charge is -2.10. The topological polar surface area (TPSA) is 59.1 Å². The normalized spacial score (nSPS) is 31.7. The number of hydrogen-bond donors (Lipinski definition) is 2. The molecule has 2 atom stereocenters. The van der Waals surface area contributed by atoms with Crippen LogP contribution in [0, 0.1) is 5.41 Å². The van der Waals surface area contributed by atoms with Gasteiger partial charge in [0.2, 0.25) is 0 Å². The molecule has 0 aromatic carbocycles. The molecule has 2 unspecified atom stereocenters. The standard InChI is InChI=1S/C10H14N2O/c11-6-10(7-13)5-9(10)8-1-3-12-4-2-8/h1-4,9,13H,5-7,11H2. The second-order valence-corrected chi connectivity index (χ2v) is 3.76. The molecule has 1 aliphatic rings. The Balaban J connectivity index is 2.15. The minimum Gasteiger partial charge on any atom is -0.396 e. The van der Waals surface area contributed by atoms with Gasteiger partial charge in [-0.15, -0.1) is 0 Å². The molecule has 1 heterocycles. The van der Waals surface area contributed by atoms with Crippen molar-refractivity contribution in [2.45, 2.75) is 12.3 Å². The molecule has 0 bridgehead atoms. The van der Waals surface area contributed by atoms with Crippen molar-refractivity contribution in [1.29, 1.82) is 0 Å². The molecule has 1 saturated carbocycles. The van der Waals surface area contributed by atoms with E-state index < -0.39 is 0 Å². The Kier molecular flexibility index (Phi) is 2.06. The third-order valence-electron chi connectivity index (χ3n) is 3.02. The Hall–Kier alpha value is -0.930.